The van der Waals surface area contributed by atoms with E-state index in [2.05, 4.69) is 4.74 Å². The van der Waals surface area contributed by atoms with Crippen LogP contribution in [0, 0.1) is 0 Å². The number of imide groups is 2. The summed E-state index contributed by atoms with van der Waals surface area (Å²) in [5.74, 6) is -3.63. The standard InChI is InChI=1S/C10H14N2O6/c1-6(13)11-9(16)4-10(17)12(7(2)14)5-18-8(3)15/h4-5H2,1-3H3,(H,11,13,16). The second-order valence-corrected chi connectivity index (χ2v) is 3.39. The van der Waals surface area contributed by atoms with Crippen molar-refractivity contribution in [2.75, 3.05) is 6.73 Å². The first-order valence-electron chi connectivity index (χ1n) is 4.98. The maximum Gasteiger partial charge on any atom is 0.304 e. The molecule has 0 aliphatic heterocycles. The van der Waals surface area contributed by atoms with Gasteiger partial charge in [-0.1, -0.05) is 0 Å². The van der Waals surface area contributed by atoms with Gasteiger partial charge in [0.2, 0.25) is 23.6 Å². The molecule has 0 aliphatic carbocycles. The van der Waals surface area contributed by atoms with Crippen LogP contribution in [0.1, 0.15) is 27.2 Å². The second-order valence-electron chi connectivity index (χ2n) is 3.39. The summed E-state index contributed by atoms with van der Waals surface area (Å²) in [4.78, 5) is 55.5. The van der Waals surface area contributed by atoms with Crippen LogP contribution in [0.2, 0.25) is 0 Å². The molecule has 18 heavy (non-hydrogen) atoms. The smallest absolute Gasteiger partial charge is 0.304 e. The van der Waals surface area contributed by atoms with E-state index in [-0.39, 0.29) is 0 Å². The van der Waals surface area contributed by atoms with E-state index in [4.69, 9.17) is 0 Å². The number of amides is 4. The van der Waals surface area contributed by atoms with Gasteiger partial charge in [-0.25, -0.2) is 4.90 Å². The number of rotatable bonds is 4. The lowest BCUT2D eigenvalue weighted by molar-refractivity contribution is -0.157. The van der Waals surface area contributed by atoms with Crippen molar-refractivity contribution < 1.29 is 28.7 Å². The third-order valence-corrected chi connectivity index (χ3v) is 1.71. The van der Waals surface area contributed by atoms with Crippen LogP contribution in [0.15, 0.2) is 0 Å². The minimum atomic E-state index is -0.859. The average Bonchev–Trinajstić information content (AvgIpc) is 2.14. The van der Waals surface area contributed by atoms with E-state index in [0.29, 0.717) is 4.90 Å². The number of carbonyl (C=O) groups is 5. The first-order chi connectivity index (χ1) is 8.23. The highest BCUT2D eigenvalue weighted by Gasteiger charge is 2.22. The molecule has 0 aromatic heterocycles. The summed E-state index contributed by atoms with van der Waals surface area (Å²) in [6.07, 6.45) is -0.680. The summed E-state index contributed by atoms with van der Waals surface area (Å²) in [6.45, 7) is 2.76. The molecule has 1 N–H and O–H groups in total. The zero-order valence-corrected chi connectivity index (χ0v) is 10.3. The number of carbonyl (C=O) groups excluding carboxylic acids is 5. The van der Waals surface area contributed by atoms with Crippen molar-refractivity contribution in [1.29, 1.82) is 0 Å². The Morgan fingerprint density at radius 2 is 1.61 bits per heavy atom. The van der Waals surface area contributed by atoms with E-state index < -0.39 is 42.7 Å². The molecule has 0 bridgehead atoms. The summed E-state index contributed by atoms with van der Waals surface area (Å²) in [7, 11) is 0. The summed E-state index contributed by atoms with van der Waals surface area (Å²) in [6, 6.07) is 0. The Balaban J connectivity index is 4.48. The van der Waals surface area contributed by atoms with Gasteiger partial charge in [0, 0.05) is 20.8 Å². The van der Waals surface area contributed by atoms with E-state index >= 15 is 0 Å². The van der Waals surface area contributed by atoms with Crippen molar-refractivity contribution in [3.8, 4) is 0 Å². The third-order valence-electron chi connectivity index (χ3n) is 1.71. The Bertz CT molecular complexity index is 390. The highest BCUT2D eigenvalue weighted by Crippen LogP contribution is 1.97. The van der Waals surface area contributed by atoms with Crippen molar-refractivity contribution in [2.24, 2.45) is 0 Å². The molecule has 0 saturated carbocycles. The molecular weight excluding hydrogens is 244 g/mol. The van der Waals surface area contributed by atoms with Gasteiger partial charge in [0.05, 0.1) is 0 Å². The number of hydrogen-bond acceptors (Lipinski definition) is 6. The monoisotopic (exact) mass is 258 g/mol. The fraction of sp³-hybridized carbons (Fsp3) is 0.500. The van der Waals surface area contributed by atoms with Gasteiger partial charge >= 0.3 is 5.97 Å². The van der Waals surface area contributed by atoms with E-state index in [1.165, 1.54) is 0 Å². The van der Waals surface area contributed by atoms with Gasteiger partial charge < -0.3 is 4.74 Å². The number of hydrogen-bond donors (Lipinski definition) is 1. The summed E-state index contributed by atoms with van der Waals surface area (Å²) in [5, 5.41) is 1.89. The molecule has 0 spiro atoms. The molecular formula is C10H14N2O6. The Morgan fingerprint density at radius 3 is 2.00 bits per heavy atom. The topological polar surface area (TPSA) is 110 Å². The summed E-state index contributed by atoms with van der Waals surface area (Å²) < 4.78 is 4.50. The van der Waals surface area contributed by atoms with Crippen molar-refractivity contribution in [1.82, 2.24) is 10.2 Å². The molecule has 0 unspecified atom stereocenters. The van der Waals surface area contributed by atoms with E-state index in [1.54, 1.807) is 0 Å². The molecule has 100 valence electrons. The predicted molar refractivity (Wildman–Crippen MR) is 57.6 cm³/mol. The Labute approximate surface area is 103 Å². The molecule has 8 heteroatoms. The fourth-order valence-electron chi connectivity index (χ4n) is 0.967. The van der Waals surface area contributed by atoms with E-state index in [9.17, 15) is 24.0 Å². The first kappa shape index (κ1) is 15.8. The molecule has 0 heterocycles. The van der Waals surface area contributed by atoms with Crippen LogP contribution in [0.5, 0.6) is 0 Å². The number of esters is 1. The quantitative estimate of drug-likeness (QED) is 0.391. The zero-order valence-electron chi connectivity index (χ0n) is 10.3. The van der Waals surface area contributed by atoms with E-state index in [1.807, 2.05) is 5.32 Å². The normalized spacial score (nSPS) is 9.28. The Kier molecular flexibility index (Phi) is 6.26. The second kappa shape index (κ2) is 7.15. The molecule has 0 rings (SSSR count). The lowest BCUT2D eigenvalue weighted by Crippen LogP contribution is -2.41. The van der Waals surface area contributed by atoms with Gasteiger partial charge in [-0.2, -0.15) is 0 Å². The molecule has 0 atom stereocenters. The largest absolute Gasteiger partial charge is 0.444 e. The van der Waals surface area contributed by atoms with Gasteiger partial charge in [-0.3, -0.25) is 29.3 Å². The third kappa shape index (κ3) is 6.36. The van der Waals surface area contributed by atoms with Crippen LogP contribution >= 0.6 is 0 Å². The Hall–Kier alpha value is -2.25. The van der Waals surface area contributed by atoms with Crippen LogP contribution in [-0.4, -0.2) is 41.2 Å². The minimum absolute atomic E-state index is 0.559. The lowest BCUT2D eigenvalue weighted by atomic mass is 10.3. The molecule has 0 aromatic rings. The van der Waals surface area contributed by atoms with Gasteiger partial charge in [0.1, 0.15) is 6.42 Å². The fourth-order valence-corrected chi connectivity index (χ4v) is 0.967. The molecule has 0 aliphatic rings. The van der Waals surface area contributed by atoms with E-state index in [0.717, 1.165) is 20.8 Å². The SMILES string of the molecule is CC(=O)NC(=O)CC(=O)N(COC(C)=O)C(C)=O. The highest BCUT2D eigenvalue weighted by molar-refractivity contribution is 6.07. The number of nitrogens with zero attached hydrogens (tertiary/aromatic N) is 1. The van der Waals surface area contributed by atoms with Crippen LogP contribution in [0.25, 0.3) is 0 Å². The van der Waals surface area contributed by atoms with Gasteiger partial charge in [-0.15, -0.1) is 0 Å². The van der Waals surface area contributed by atoms with Crippen molar-refractivity contribution in [2.45, 2.75) is 27.2 Å². The Morgan fingerprint density at radius 1 is 1.06 bits per heavy atom. The van der Waals surface area contributed by atoms with Crippen LogP contribution in [-0.2, 0) is 28.7 Å². The number of nitrogens with one attached hydrogen (secondary N) is 1. The van der Waals surface area contributed by atoms with Crippen LogP contribution < -0.4 is 5.32 Å². The van der Waals surface area contributed by atoms with Gasteiger partial charge in [-0.05, 0) is 0 Å². The molecule has 4 amide bonds. The van der Waals surface area contributed by atoms with Crippen LogP contribution in [0.4, 0.5) is 0 Å². The maximum atomic E-state index is 11.5. The number of ether oxygens (including phenoxy) is 1. The average molecular weight is 258 g/mol. The summed E-state index contributed by atoms with van der Waals surface area (Å²) in [5.41, 5.74) is 0. The van der Waals surface area contributed by atoms with Crippen molar-refractivity contribution >= 4 is 29.6 Å². The molecule has 0 aromatic carbocycles. The highest BCUT2D eigenvalue weighted by atomic mass is 16.5. The van der Waals surface area contributed by atoms with Gasteiger partial charge in [0.25, 0.3) is 0 Å². The predicted octanol–water partition coefficient (Wildman–Crippen LogP) is -1.07. The van der Waals surface area contributed by atoms with Crippen molar-refractivity contribution in [3.05, 3.63) is 0 Å². The molecule has 0 radical (unpaired) electrons. The maximum absolute atomic E-state index is 11.5. The zero-order chi connectivity index (χ0) is 14.3. The minimum Gasteiger partial charge on any atom is -0.444 e. The first-order valence-corrected chi connectivity index (χ1v) is 4.98. The molecule has 0 saturated heterocycles. The molecule has 0 fully saturated rings. The van der Waals surface area contributed by atoms with Crippen molar-refractivity contribution in [3.63, 3.8) is 0 Å². The van der Waals surface area contributed by atoms with Gasteiger partial charge in [0.15, 0.2) is 6.73 Å². The molecule has 8 nitrogen and oxygen atoms in total. The summed E-state index contributed by atoms with van der Waals surface area (Å²) >= 11 is 0. The van der Waals surface area contributed by atoms with Crippen LogP contribution in [0.3, 0.4) is 0 Å². The lowest BCUT2D eigenvalue weighted by Gasteiger charge is -2.17.